The molecule has 2 saturated heterocycles. The van der Waals surface area contributed by atoms with Crippen molar-refractivity contribution in [3.05, 3.63) is 35.9 Å². The lowest BCUT2D eigenvalue weighted by Crippen LogP contribution is -2.52. The van der Waals surface area contributed by atoms with Gasteiger partial charge in [-0.05, 0) is 25.5 Å². The molecule has 2 aliphatic heterocycles. The van der Waals surface area contributed by atoms with Crippen molar-refractivity contribution in [1.82, 2.24) is 9.80 Å². The van der Waals surface area contributed by atoms with E-state index in [2.05, 4.69) is 24.1 Å². The maximum absolute atomic E-state index is 12.7. The van der Waals surface area contributed by atoms with Gasteiger partial charge in [-0.3, -0.25) is 4.79 Å². The standard InChI is InChI=1S/C16H22N2O2/c1-17-9-10-18(16(19)15-8-5-11-20-15)14(12-17)13-6-3-2-4-7-13/h2-4,6-7,14-15H,5,8-12H2,1H3/t14-,15+/m0/s1. The fourth-order valence-corrected chi connectivity index (χ4v) is 3.10. The maximum Gasteiger partial charge on any atom is 0.252 e. The van der Waals surface area contributed by atoms with Crippen LogP contribution >= 0.6 is 0 Å². The lowest BCUT2D eigenvalue weighted by Gasteiger charge is -2.41. The summed E-state index contributed by atoms with van der Waals surface area (Å²) in [5.41, 5.74) is 1.21. The highest BCUT2D eigenvalue weighted by Gasteiger charge is 2.35. The first kappa shape index (κ1) is 13.6. The molecule has 3 rings (SSSR count). The van der Waals surface area contributed by atoms with Crippen molar-refractivity contribution in [2.24, 2.45) is 0 Å². The zero-order chi connectivity index (χ0) is 13.9. The van der Waals surface area contributed by atoms with Crippen LogP contribution in [0.3, 0.4) is 0 Å². The van der Waals surface area contributed by atoms with E-state index in [1.807, 2.05) is 23.1 Å². The van der Waals surface area contributed by atoms with E-state index in [9.17, 15) is 4.79 Å². The lowest BCUT2D eigenvalue weighted by atomic mass is 10.0. The Bertz CT molecular complexity index is 457. The molecule has 0 unspecified atom stereocenters. The molecular weight excluding hydrogens is 252 g/mol. The third-order valence-corrected chi connectivity index (χ3v) is 4.26. The van der Waals surface area contributed by atoms with Crippen LogP contribution in [-0.4, -0.2) is 55.1 Å². The number of hydrogen-bond donors (Lipinski definition) is 0. The monoisotopic (exact) mass is 274 g/mol. The van der Waals surface area contributed by atoms with Gasteiger partial charge in [0.15, 0.2) is 0 Å². The summed E-state index contributed by atoms with van der Waals surface area (Å²) in [5, 5.41) is 0. The second-order valence-electron chi connectivity index (χ2n) is 5.72. The predicted molar refractivity (Wildman–Crippen MR) is 77.4 cm³/mol. The molecule has 0 radical (unpaired) electrons. The van der Waals surface area contributed by atoms with Crippen LogP contribution in [0.4, 0.5) is 0 Å². The molecule has 2 atom stereocenters. The van der Waals surface area contributed by atoms with Crippen LogP contribution in [0.1, 0.15) is 24.4 Å². The van der Waals surface area contributed by atoms with Gasteiger partial charge in [0.2, 0.25) is 0 Å². The second kappa shape index (κ2) is 5.94. The Labute approximate surface area is 120 Å². The summed E-state index contributed by atoms with van der Waals surface area (Å²) < 4.78 is 5.57. The summed E-state index contributed by atoms with van der Waals surface area (Å²) in [5.74, 6) is 0.171. The van der Waals surface area contributed by atoms with Crippen LogP contribution in [0.25, 0.3) is 0 Å². The predicted octanol–water partition coefficient (Wildman–Crippen LogP) is 1.68. The van der Waals surface area contributed by atoms with E-state index in [4.69, 9.17) is 4.74 Å². The number of piperazine rings is 1. The van der Waals surface area contributed by atoms with Crippen LogP contribution < -0.4 is 0 Å². The third-order valence-electron chi connectivity index (χ3n) is 4.26. The van der Waals surface area contributed by atoms with E-state index >= 15 is 0 Å². The van der Waals surface area contributed by atoms with Crippen molar-refractivity contribution in [1.29, 1.82) is 0 Å². The Hall–Kier alpha value is -1.39. The summed E-state index contributed by atoms with van der Waals surface area (Å²) >= 11 is 0. The minimum absolute atomic E-state index is 0.145. The average Bonchev–Trinajstić information content (AvgIpc) is 3.02. The number of hydrogen-bond acceptors (Lipinski definition) is 3. The van der Waals surface area contributed by atoms with Gasteiger partial charge in [-0.15, -0.1) is 0 Å². The van der Waals surface area contributed by atoms with Gasteiger partial charge in [0.05, 0.1) is 6.04 Å². The van der Waals surface area contributed by atoms with Crippen molar-refractivity contribution in [2.45, 2.75) is 25.0 Å². The van der Waals surface area contributed by atoms with Crippen molar-refractivity contribution >= 4 is 5.91 Å². The summed E-state index contributed by atoms with van der Waals surface area (Å²) in [4.78, 5) is 17.0. The fourth-order valence-electron chi connectivity index (χ4n) is 3.10. The molecule has 20 heavy (non-hydrogen) atoms. The van der Waals surface area contributed by atoms with E-state index < -0.39 is 0 Å². The maximum atomic E-state index is 12.7. The first-order valence-electron chi connectivity index (χ1n) is 7.41. The summed E-state index contributed by atoms with van der Waals surface area (Å²) in [7, 11) is 2.11. The number of rotatable bonds is 2. The lowest BCUT2D eigenvalue weighted by molar-refractivity contribution is -0.146. The first-order valence-corrected chi connectivity index (χ1v) is 7.41. The smallest absolute Gasteiger partial charge is 0.252 e. The van der Waals surface area contributed by atoms with Crippen LogP contribution in [0.2, 0.25) is 0 Å². The highest BCUT2D eigenvalue weighted by atomic mass is 16.5. The van der Waals surface area contributed by atoms with Crippen LogP contribution in [0, 0.1) is 0 Å². The van der Waals surface area contributed by atoms with Crippen LogP contribution in [0.15, 0.2) is 30.3 Å². The topological polar surface area (TPSA) is 32.8 Å². The van der Waals surface area contributed by atoms with E-state index in [1.165, 1.54) is 5.56 Å². The summed E-state index contributed by atoms with van der Waals surface area (Å²) in [6, 6.07) is 10.5. The molecule has 1 aromatic rings. The molecular formula is C16H22N2O2. The number of likely N-dealkylation sites (N-methyl/N-ethyl adjacent to an activating group) is 1. The zero-order valence-corrected chi connectivity index (χ0v) is 12.0. The van der Waals surface area contributed by atoms with Gasteiger partial charge in [0.1, 0.15) is 6.10 Å². The van der Waals surface area contributed by atoms with Crippen LogP contribution in [-0.2, 0) is 9.53 Å². The van der Waals surface area contributed by atoms with E-state index in [1.54, 1.807) is 0 Å². The van der Waals surface area contributed by atoms with Gasteiger partial charge in [0, 0.05) is 26.2 Å². The van der Waals surface area contributed by atoms with E-state index in [-0.39, 0.29) is 18.1 Å². The van der Waals surface area contributed by atoms with Crippen molar-refractivity contribution in [3.63, 3.8) is 0 Å². The number of ether oxygens (including phenoxy) is 1. The number of benzene rings is 1. The molecule has 108 valence electrons. The molecule has 2 aliphatic rings. The third kappa shape index (κ3) is 2.72. The van der Waals surface area contributed by atoms with Crippen LogP contribution in [0.5, 0.6) is 0 Å². The van der Waals surface area contributed by atoms with Gasteiger partial charge in [-0.2, -0.15) is 0 Å². The molecule has 4 nitrogen and oxygen atoms in total. The van der Waals surface area contributed by atoms with Gasteiger partial charge in [-0.1, -0.05) is 30.3 Å². The molecule has 0 bridgehead atoms. The molecule has 2 fully saturated rings. The van der Waals surface area contributed by atoms with E-state index in [0.717, 1.165) is 39.1 Å². The molecule has 0 saturated carbocycles. The number of amides is 1. The fraction of sp³-hybridized carbons (Fsp3) is 0.562. The van der Waals surface area contributed by atoms with Crippen molar-refractivity contribution < 1.29 is 9.53 Å². The quantitative estimate of drug-likeness (QED) is 0.822. The first-order chi connectivity index (χ1) is 9.75. The van der Waals surface area contributed by atoms with E-state index in [0.29, 0.717) is 0 Å². The Kier molecular flexibility index (Phi) is 4.03. The Morgan fingerprint density at radius 1 is 1.25 bits per heavy atom. The normalized spacial score (nSPS) is 27.8. The molecule has 0 aromatic heterocycles. The van der Waals surface area contributed by atoms with Gasteiger partial charge >= 0.3 is 0 Å². The molecule has 0 aliphatic carbocycles. The highest BCUT2D eigenvalue weighted by molar-refractivity contribution is 5.81. The minimum atomic E-state index is -0.218. The Morgan fingerprint density at radius 2 is 2.05 bits per heavy atom. The van der Waals surface area contributed by atoms with Gasteiger partial charge in [0.25, 0.3) is 5.91 Å². The Morgan fingerprint density at radius 3 is 2.75 bits per heavy atom. The molecule has 1 amide bonds. The highest BCUT2D eigenvalue weighted by Crippen LogP contribution is 2.27. The van der Waals surface area contributed by atoms with Crippen molar-refractivity contribution in [2.75, 3.05) is 33.3 Å². The molecule has 0 spiro atoms. The summed E-state index contributed by atoms with van der Waals surface area (Å²) in [6.45, 7) is 3.33. The molecule has 2 heterocycles. The second-order valence-corrected chi connectivity index (χ2v) is 5.72. The van der Waals surface area contributed by atoms with Gasteiger partial charge < -0.3 is 14.5 Å². The number of carbonyl (C=O) groups is 1. The number of nitrogens with zero attached hydrogens (tertiary/aromatic N) is 2. The summed E-state index contributed by atoms with van der Waals surface area (Å²) in [6.07, 6.45) is 1.65. The molecule has 4 heteroatoms. The molecule has 1 aromatic carbocycles. The van der Waals surface area contributed by atoms with Gasteiger partial charge in [-0.25, -0.2) is 0 Å². The number of carbonyl (C=O) groups excluding carboxylic acids is 1. The SMILES string of the molecule is CN1CCN(C(=O)[C@H]2CCCO2)[C@H](c2ccccc2)C1. The zero-order valence-electron chi connectivity index (χ0n) is 12.0. The largest absolute Gasteiger partial charge is 0.368 e. The van der Waals surface area contributed by atoms with Crippen molar-refractivity contribution in [3.8, 4) is 0 Å². The minimum Gasteiger partial charge on any atom is -0.368 e. The molecule has 0 N–H and O–H groups in total. The average molecular weight is 274 g/mol. The Balaban J connectivity index is 1.81.